The third-order valence-corrected chi connectivity index (χ3v) is 6.09. The van der Waals surface area contributed by atoms with Crippen LogP contribution in [0.25, 0.3) is 0 Å². The molecular weight excluding hydrogens is 493 g/mol. The van der Waals surface area contributed by atoms with Crippen molar-refractivity contribution in [3.8, 4) is 0 Å². The Bertz CT molecular complexity index is 1240. The predicted octanol–water partition coefficient (Wildman–Crippen LogP) is 4.85. The molecule has 4 rings (SSSR count). The summed E-state index contributed by atoms with van der Waals surface area (Å²) in [6, 6.07) is 9.18. The highest BCUT2D eigenvalue weighted by molar-refractivity contribution is 6.30. The molecule has 3 aromatic rings. The summed E-state index contributed by atoms with van der Waals surface area (Å²) in [7, 11) is 0. The van der Waals surface area contributed by atoms with Crippen LogP contribution in [0.4, 0.5) is 19.1 Å². The molecule has 0 atom stereocenters. The first-order valence-corrected chi connectivity index (χ1v) is 11.8. The van der Waals surface area contributed by atoms with E-state index in [0.717, 1.165) is 37.8 Å². The fourth-order valence-electron chi connectivity index (χ4n) is 3.88. The number of carbonyl (C=O) groups excluding carboxylic acids is 1. The van der Waals surface area contributed by atoms with Gasteiger partial charge in [0.15, 0.2) is 17.6 Å². The Morgan fingerprint density at radius 1 is 0.944 bits per heavy atom. The topological polar surface area (TPSA) is 91.3 Å². The highest BCUT2D eigenvalue weighted by atomic mass is 35.5. The number of benzene rings is 2. The minimum atomic E-state index is -1.13. The van der Waals surface area contributed by atoms with Crippen LogP contribution in [-0.2, 0) is 6.54 Å². The van der Waals surface area contributed by atoms with Crippen LogP contribution >= 0.6 is 11.6 Å². The average Bonchev–Trinajstić information content (AvgIpc) is 2.88. The fraction of sp³-hybridized carbons (Fsp3) is 0.280. The zero-order valence-corrected chi connectivity index (χ0v) is 19.9. The normalized spacial score (nSPS) is 17.9. The van der Waals surface area contributed by atoms with Crippen LogP contribution in [0.2, 0.25) is 5.02 Å². The van der Waals surface area contributed by atoms with E-state index in [2.05, 4.69) is 30.9 Å². The van der Waals surface area contributed by atoms with Gasteiger partial charge in [-0.25, -0.2) is 28.1 Å². The van der Waals surface area contributed by atoms with Gasteiger partial charge in [0, 0.05) is 30.0 Å². The molecule has 1 fully saturated rings. The number of aromatic nitrogens is 2. The maximum atomic E-state index is 13.8. The van der Waals surface area contributed by atoms with E-state index < -0.39 is 23.4 Å². The SMILES string of the molecule is O=C(NC(=NCc1ccc(Cl)c(F)c1)NC1CCC(Nc2ncccn2)CC1)c1ccc(F)c(F)c1. The molecule has 0 unspecified atom stereocenters. The Morgan fingerprint density at radius 3 is 2.36 bits per heavy atom. The van der Waals surface area contributed by atoms with Crippen molar-refractivity contribution in [3.63, 3.8) is 0 Å². The highest BCUT2D eigenvalue weighted by Crippen LogP contribution is 2.21. The minimum Gasteiger partial charge on any atom is -0.353 e. The van der Waals surface area contributed by atoms with Gasteiger partial charge in [-0.15, -0.1) is 0 Å². The number of nitrogens with one attached hydrogen (secondary N) is 3. The first-order valence-electron chi connectivity index (χ1n) is 11.4. The molecule has 2 aromatic carbocycles. The molecule has 0 bridgehead atoms. The molecule has 1 aliphatic carbocycles. The maximum Gasteiger partial charge on any atom is 0.258 e. The second-order valence-electron chi connectivity index (χ2n) is 8.41. The van der Waals surface area contributed by atoms with Gasteiger partial charge in [-0.1, -0.05) is 17.7 Å². The van der Waals surface area contributed by atoms with Crippen LogP contribution < -0.4 is 16.0 Å². The molecule has 36 heavy (non-hydrogen) atoms. The van der Waals surface area contributed by atoms with Crippen LogP contribution in [0.5, 0.6) is 0 Å². The van der Waals surface area contributed by atoms with E-state index in [1.807, 2.05) is 0 Å². The van der Waals surface area contributed by atoms with Crippen molar-refractivity contribution in [2.24, 2.45) is 4.99 Å². The molecule has 1 amide bonds. The van der Waals surface area contributed by atoms with Gasteiger partial charge >= 0.3 is 0 Å². The number of aliphatic imine (C=N–C) groups is 1. The lowest BCUT2D eigenvalue weighted by molar-refractivity contribution is 0.0974. The van der Waals surface area contributed by atoms with Gasteiger partial charge in [-0.2, -0.15) is 0 Å². The van der Waals surface area contributed by atoms with Gasteiger partial charge < -0.3 is 10.6 Å². The summed E-state index contributed by atoms with van der Waals surface area (Å²) in [5.74, 6) is -2.67. The Kier molecular flexibility index (Phi) is 8.37. The van der Waals surface area contributed by atoms with Gasteiger partial charge in [0.1, 0.15) is 5.82 Å². The first-order chi connectivity index (χ1) is 17.4. The number of guanidine groups is 1. The van der Waals surface area contributed by atoms with E-state index in [1.54, 1.807) is 24.5 Å². The summed E-state index contributed by atoms with van der Waals surface area (Å²) >= 11 is 5.75. The van der Waals surface area contributed by atoms with Crippen molar-refractivity contribution >= 4 is 29.4 Å². The van der Waals surface area contributed by atoms with Crippen molar-refractivity contribution in [1.82, 2.24) is 20.6 Å². The zero-order chi connectivity index (χ0) is 25.5. The number of nitrogens with zero attached hydrogens (tertiary/aromatic N) is 3. The molecule has 188 valence electrons. The number of hydrogen-bond donors (Lipinski definition) is 3. The van der Waals surface area contributed by atoms with E-state index in [0.29, 0.717) is 11.5 Å². The predicted molar refractivity (Wildman–Crippen MR) is 131 cm³/mol. The third-order valence-electron chi connectivity index (χ3n) is 5.78. The molecule has 1 saturated carbocycles. The highest BCUT2D eigenvalue weighted by Gasteiger charge is 2.23. The fourth-order valence-corrected chi connectivity index (χ4v) is 4.00. The number of amides is 1. The molecule has 0 radical (unpaired) electrons. The van der Waals surface area contributed by atoms with Gasteiger partial charge in [-0.3, -0.25) is 10.1 Å². The van der Waals surface area contributed by atoms with Crippen molar-refractivity contribution in [2.75, 3.05) is 5.32 Å². The average molecular weight is 517 g/mol. The van der Waals surface area contributed by atoms with Crippen LogP contribution in [0.1, 0.15) is 41.6 Å². The lowest BCUT2D eigenvalue weighted by atomic mass is 9.91. The van der Waals surface area contributed by atoms with E-state index in [1.165, 1.54) is 18.2 Å². The van der Waals surface area contributed by atoms with Crippen molar-refractivity contribution in [1.29, 1.82) is 0 Å². The second-order valence-corrected chi connectivity index (χ2v) is 8.81. The molecule has 0 aliphatic heterocycles. The molecule has 0 spiro atoms. The van der Waals surface area contributed by atoms with E-state index in [4.69, 9.17) is 11.6 Å². The number of rotatable bonds is 6. The Hall–Kier alpha value is -3.66. The summed E-state index contributed by atoms with van der Waals surface area (Å²) in [6.45, 7) is 0.0662. The molecule has 1 aliphatic rings. The molecule has 7 nitrogen and oxygen atoms in total. The number of hydrogen-bond acceptors (Lipinski definition) is 5. The molecule has 1 heterocycles. The van der Waals surface area contributed by atoms with Crippen molar-refractivity contribution < 1.29 is 18.0 Å². The lowest BCUT2D eigenvalue weighted by Crippen LogP contribution is -2.48. The van der Waals surface area contributed by atoms with E-state index in [-0.39, 0.29) is 35.2 Å². The summed E-state index contributed by atoms with van der Waals surface area (Å²) in [5.41, 5.74) is 0.491. The maximum absolute atomic E-state index is 13.8. The Morgan fingerprint density at radius 2 is 1.67 bits per heavy atom. The Balaban J connectivity index is 1.43. The van der Waals surface area contributed by atoms with Crippen LogP contribution in [-0.4, -0.2) is 33.9 Å². The second kappa shape index (κ2) is 11.9. The molecule has 11 heteroatoms. The van der Waals surface area contributed by atoms with Gasteiger partial charge in [0.2, 0.25) is 5.95 Å². The van der Waals surface area contributed by atoms with Crippen molar-refractivity contribution in [2.45, 2.75) is 44.3 Å². The van der Waals surface area contributed by atoms with Crippen molar-refractivity contribution in [3.05, 3.63) is 88.5 Å². The van der Waals surface area contributed by atoms with Gasteiger partial charge in [-0.05, 0) is 67.6 Å². The molecule has 1 aromatic heterocycles. The molecule has 3 N–H and O–H groups in total. The largest absolute Gasteiger partial charge is 0.353 e. The third kappa shape index (κ3) is 6.94. The van der Waals surface area contributed by atoms with Gasteiger partial charge in [0.05, 0.1) is 11.6 Å². The number of halogens is 4. The Labute approximate surface area is 211 Å². The number of carbonyl (C=O) groups is 1. The number of anilines is 1. The van der Waals surface area contributed by atoms with Gasteiger partial charge in [0.25, 0.3) is 5.91 Å². The molecular formula is C25H24ClF3N6O. The standard InChI is InChI=1S/C25H24ClF3N6O/c26-19-8-2-15(12-21(19)28)14-32-25(35-23(36)16-3-9-20(27)22(29)13-16)34-18-6-4-17(5-7-18)33-24-30-10-1-11-31-24/h1-3,8-13,17-18H,4-7,14H2,(H,30,31,33)(H2,32,34,35,36). The summed E-state index contributed by atoms with van der Waals surface area (Å²) < 4.78 is 40.7. The zero-order valence-electron chi connectivity index (χ0n) is 19.1. The minimum absolute atomic E-state index is 0.000936. The monoisotopic (exact) mass is 516 g/mol. The lowest BCUT2D eigenvalue weighted by Gasteiger charge is -2.30. The summed E-state index contributed by atoms with van der Waals surface area (Å²) in [4.78, 5) is 25.5. The first kappa shape index (κ1) is 25.4. The summed E-state index contributed by atoms with van der Waals surface area (Å²) in [6.07, 6.45) is 6.58. The van der Waals surface area contributed by atoms with E-state index >= 15 is 0 Å². The van der Waals surface area contributed by atoms with Crippen LogP contribution in [0.3, 0.4) is 0 Å². The quantitative estimate of drug-likeness (QED) is 0.322. The molecule has 0 saturated heterocycles. The summed E-state index contributed by atoms with van der Waals surface area (Å²) in [5, 5.41) is 9.18. The van der Waals surface area contributed by atoms with E-state index in [9.17, 15) is 18.0 Å². The smallest absolute Gasteiger partial charge is 0.258 e. The van der Waals surface area contributed by atoms with Crippen LogP contribution in [0, 0.1) is 17.5 Å². The van der Waals surface area contributed by atoms with Crippen LogP contribution in [0.15, 0.2) is 59.9 Å².